The Morgan fingerprint density at radius 2 is 1.31 bits per heavy atom. The van der Waals surface area contributed by atoms with Gasteiger partial charge in [-0.15, -0.1) is 74.8 Å². The Morgan fingerprint density at radius 3 is 2.00 bits per heavy atom. The van der Waals surface area contributed by atoms with E-state index in [0.717, 1.165) is 5.52 Å². The number of halogens is 2. The van der Waals surface area contributed by atoms with E-state index in [1.54, 1.807) is 23.3 Å². The van der Waals surface area contributed by atoms with Crippen molar-refractivity contribution >= 4 is 51.1 Å². The number of nitrogens with zero attached hydrogens (tertiary/aromatic N) is 1. The monoisotopic (exact) mass is 661 g/mol. The van der Waals surface area contributed by atoms with Crippen molar-refractivity contribution in [2.24, 2.45) is 0 Å². The van der Waals surface area contributed by atoms with Crippen LogP contribution in [0.25, 0.3) is 43.6 Å². The molecule has 6 aromatic rings. The molecule has 0 fully saturated rings. The fraction of sp³-hybridized carbons (Fsp3) is 0.182. The van der Waals surface area contributed by atoms with Gasteiger partial charge in [0.1, 0.15) is 0 Å². The van der Waals surface area contributed by atoms with Gasteiger partial charge in [-0.1, -0.05) is 68.5 Å². The zero-order valence-corrected chi connectivity index (χ0v) is 29.5. The summed E-state index contributed by atoms with van der Waals surface area (Å²) >= 11 is 1.74. The van der Waals surface area contributed by atoms with Gasteiger partial charge >= 0.3 is 41.9 Å². The smallest absolute Gasteiger partial charge is 0.0579 e. The first-order valence-corrected chi connectivity index (χ1v) is 22.5. The molecule has 0 aliphatic rings. The third-order valence-electron chi connectivity index (χ3n) is 6.30. The summed E-state index contributed by atoms with van der Waals surface area (Å²) in [4.78, 5) is 4.63. The van der Waals surface area contributed by atoms with Crippen LogP contribution in [-0.2, 0) is 23.3 Å². The maximum absolute atomic E-state index is 4.63. The molecule has 39 heavy (non-hydrogen) atoms. The van der Waals surface area contributed by atoms with Crippen LogP contribution in [0.4, 0.5) is 0 Å². The minimum Gasteiger partial charge on any atom is -1.00 e. The van der Waals surface area contributed by atoms with Gasteiger partial charge in [0.15, 0.2) is 0 Å². The number of rotatable bonds is 2. The first kappa shape index (κ1) is 33.4. The molecule has 6 rings (SSSR count). The van der Waals surface area contributed by atoms with E-state index in [2.05, 4.69) is 136 Å². The Hall–Kier alpha value is -1.81. The SMILES string of the molecule is C[Si](C)(C)c1cc2c(-c3cccc4cccnc34)cccc2[cH-]1.C[Si](C)=[Zr+2].Cc1cc2ccccc2[cH-]1.[Cl-].[Cl-]. The maximum atomic E-state index is 4.63. The summed E-state index contributed by atoms with van der Waals surface area (Å²) in [6.45, 7) is 14.0. The quantitative estimate of drug-likeness (QED) is 0.205. The van der Waals surface area contributed by atoms with Crippen molar-refractivity contribution in [3.8, 4) is 11.1 Å². The first-order valence-electron chi connectivity index (χ1n) is 12.8. The average molecular weight is 664 g/mol. The van der Waals surface area contributed by atoms with Crippen molar-refractivity contribution in [2.45, 2.75) is 39.7 Å². The number of hydrogen-bond acceptors (Lipinski definition) is 1. The van der Waals surface area contributed by atoms with Gasteiger partial charge in [-0.25, -0.2) is 0 Å². The number of para-hydroxylation sites is 1. The van der Waals surface area contributed by atoms with Gasteiger partial charge in [0, 0.05) is 11.6 Å². The number of pyridine rings is 1. The second-order valence-corrected chi connectivity index (χ2v) is 25.3. The molecule has 1 nitrogen and oxygen atoms in total. The molecule has 200 valence electrons. The standard InChI is InChI=1S/C21H20NSi.C10H9.C2H6Si.2ClH.Zr/c1-23(2,3)17-13-16-8-5-10-18(20(16)14-17)19-11-4-7-15-9-6-12-22-21(15)19;1-8-6-9-4-2-3-5-10(9)7-8;1-3-2;;;/h4-14H,1-3H3;2-7H,1H3;1-2H3;2*1H;/q2*-1;;;;+2/p-2. The van der Waals surface area contributed by atoms with Crippen LogP contribution in [-0.4, -0.2) is 18.5 Å². The number of benzene rings is 3. The molecule has 0 spiro atoms. The van der Waals surface area contributed by atoms with Gasteiger partial charge in [0.05, 0.1) is 13.6 Å². The molecule has 0 aliphatic heterocycles. The Morgan fingerprint density at radius 1 is 0.718 bits per heavy atom. The van der Waals surface area contributed by atoms with E-state index < -0.39 is 8.07 Å². The summed E-state index contributed by atoms with van der Waals surface area (Å²) < 4.78 is 0. The van der Waals surface area contributed by atoms with E-state index in [0.29, 0.717) is 0 Å². The van der Waals surface area contributed by atoms with Crippen molar-refractivity contribution < 1.29 is 48.1 Å². The summed E-state index contributed by atoms with van der Waals surface area (Å²) in [6.07, 6.45) is 1.88. The molecular weight excluding hydrogens is 629 g/mol. The Labute approximate surface area is 262 Å². The Bertz CT molecular complexity index is 1640. The van der Waals surface area contributed by atoms with Crippen LogP contribution in [0.2, 0.25) is 32.7 Å². The molecule has 0 aliphatic carbocycles. The Balaban J connectivity index is 0.000000279. The second-order valence-electron chi connectivity index (χ2n) is 10.8. The number of fused-ring (bicyclic) bond motifs is 3. The molecular formula is C33H35Cl2NSi2Zr-2. The first-order chi connectivity index (χ1) is 17.6. The van der Waals surface area contributed by atoms with E-state index in [1.807, 2.05) is 12.3 Å². The van der Waals surface area contributed by atoms with E-state index >= 15 is 0 Å². The zero-order valence-electron chi connectivity index (χ0n) is 23.5. The molecule has 0 saturated heterocycles. The van der Waals surface area contributed by atoms with Crippen molar-refractivity contribution in [3.05, 3.63) is 109 Å². The summed E-state index contributed by atoms with van der Waals surface area (Å²) in [6, 6.07) is 34.8. The van der Waals surface area contributed by atoms with Crippen LogP contribution in [0.5, 0.6) is 0 Å². The number of aryl methyl sites for hydroxylation is 1. The van der Waals surface area contributed by atoms with Crippen LogP contribution in [0.15, 0.2) is 103 Å². The van der Waals surface area contributed by atoms with Crippen molar-refractivity contribution in [3.63, 3.8) is 0 Å². The fourth-order valence-corrected chi connectivity index (χ4v) is 5.70. The van der Waals surface area contributed by atoms with Crippen LogP contribution in [0.3, 0.4) is 0 Å². The van der Waals surface area contributed by atoms with Gasteiger partial charge in [-0.05, 0) is 11.6 Å². The van der Waals surface area contributed by atoms with Crippen LogP contribution in [0, 0.1) is 6.92 Å². The van der Waals surface area contributed by atoms with Crippen LogP contribution < -0.4 is 30.0 Å². The predicted octanol–water partition coefficient (Wildman–Crippen LogP) is 2.98. The maximum Gasteiger partial charge on any atom is -0.0579 e. The third kappa shape index (κ3) is 8.59. The van der Waals surface area contributed by atoms with E-state index in [4.69, 9.17) is 0 Å². The van der Waals surface area contributed by atoms with E-state index in [9.17, 15) is 0 Å². The normalized spacial score (nSPS) is 10.6. The van der Waals surface area contributed by atoms with Crippen LogP contribution >= 0.6 is 0 Å². The molecule has 5 aromatic carbocycles. The minimum atomic E-state index is -1.31. The molecule has 0 bridgehead atoms. The summed E-state index contributed by atoms with van der Waals surface area (Å²) in [7, 11) is -1.31. The van der Waals surface area contributed by atoms with Gasteiger partial charge in [0.2, 0.25) is 0 Å². The molecule has 1 aromatic heterocycles. The van der Waals surface area contributed by atoms with Gasteiger partial charge in [-0.2, -0.15) is 12.1 Å². The van der Waals surface area contributed by atoms with Gasteiger partial charge < -0.3 is 24.8 Å². The van der Waals surface area contributed by atoms with E-state index in [-0.39, 0.29) is 30.2 Å². The molecule has 0 atom stereocenters. The second kappa shape index (κ2) is 14.7. The number of aromatic nitrogens is 1. The minimum absolute atomic E-state index is 0. The molecule has 0 amide bonds. The van der Waals surface area contributed by atoms with Crippen molar-refractivity contribution in [2.75, 3.05) is 0 Å². The summed E-state index contributed by atoms with van der Waals surface area (Å²) in [5.74, 6) is 0. The average Bonchev–Trinajstić information content (AvgIpc) is 3.46. The molecule has 0 N–H and O–H groups in total. The summed E-state index contributed by atoms with van der Waals surface area (Å²) in [5, 5.41) is 8.10. The van der Waals surface area contributed by atoms with Gasteiger partial charge in [0.25, 0.3) is 0 Å². The Kier molecular flexibility index (Phi) is 12.6. The summed E-state index contributed by atoms with van der Waals surface area (Å²) in [5.41, 5.74) is 5.15. The predicted molar refractivity (Wildman–Crippen MR) is 165 cm³/mol. The molecule has 0 saturated carbocycles. The number of hydrogen-bond donors (Lipinski definition) is 0. The topological polar surface area (TPSA) is 12.9 Å². The van der Waals surface area contributed by atoms with Crippen molar-refractivity contribution in [1.82, 2.24) is 4.98 Å². The van der Waals surface area contributed by atoms with Gasteiger partial charge in [-0.3, -0.25) is 4.98 Å². The molecule has 1 heterocycles. The largest absolute Gasteiger partial charge is 1.00 e. The van der Waals surface area contributed by atoms with Crippen molar-refractivity contribution in [1.29, 1.82) is 0 Å². The molecule has 0 unspecified atom stereocenters. The van der Waals surface area contributed by atoms with E-state index in [1.165, 1.54) is 48.8 Å². The third-order valence-corrected chi connectivity index (χ3v) is 8.32. The molecule has 6 heteroatoms. The fourth-order valence-electron chi connectivity index (χ4n) is 4.53. The molecule has 0 radical (unpaired) electrons. The zero-order chi connectivity index (χ0) is 26.6. The van der Waals surface area contributed by atoms with Crippen LogP contribution in [0.1, 0.15) is 5.56 Å².